The van der Waals surface area contributed by atoms with Crippen LogP contribution in [0, 0.1) is 12.8 Å². The van der Waals surface area contributed by atoms with Gasteiger partial charge in [-0.3, -0.25) is 0 Å². The maximum absolute atomic E-state index is 6.24. The Morgan fingerprint density at radius 3 is 2.79 bits per heavy atom. The zero-order valence-electron chi connectivity index (χ0n) is 12.1. The van der Waals surface area contributed by atoms with Gasteiger partial charge in [0.05, 0.1) is 6.10 Å². The molecule has 1 aliphatic rings. The van der Waals surface area contributed by atoms with Gasteiger partial charge in [-0.15, -0.1) is 0 Å². The molecule has 0 aromatic carbocycles. The highest BCUT2D eigenvalue weighted by atomic mass is 35.5. The molecular formula is C14H22ClN3O. The number of hydrogen-bond acceptors (Lipinski definition) is 4. The third-order valence-electron chi connectivity index (χ3n) is 3.89. The molecule has 19 heavy (non-hydrogen) atoms. The third kappa shape index (κ3) is 3.00. The first-order valence-corrected chi connectivity index (χ1v) is 7.25. The van der Waals surface area contributed by atoms with Crippen LogP contribution in [0.1, 0.15) is 31.7 Å². The summed E-state index contributed by atoms with van der Waals surface area (Å²) in [4.78, 5) is 11.1. The van der Waals surface area contributed by atoms with Crippen molar-refractivity contribution in [3.05, 3.63) is 16.5 Å². The zero-order chi connectivity index (χ0) is 14.0. The number of piperidine rings is 1. The summed E-state index contributed by atoms with van der Waals surface area (Å²) in [7, 11) is 1.78. The minimum Gasteiger partial charge on any atom is -0.379 e. The summed E-state index contributed by atoms with van der Waals surface area (Å²) in [6.07, 6.45) is 2.22. The Morgan fingerprint density at radius 1 is 1.42 bits per heavy atom. The van der Waals surface area contributed by atoms with Crippen LogP contribution in [0.15, 0.2) is 0 Å². The Labute approximate surface area is 120 Å². The molecule has 1 saturated heterocycles. The Bertz CT molecular complexity index is 453. The second-order valence-corrected chi connectivity index (χ2v) is 5.56. The van der Waals surface area contributed by atoms with E-state index in [0.29, 0.717) is 11.1 Å². The lowest BCUT2D eigenvalue weighted by atomic mass is 9.95. The van der Waals surface area contributed by atoms with Crippen molar-refractivity contribution in [2.24, 2.45) is 5.92 Å². The van der Waals surface area contributed by atoms with Crippen molar-refractivity contribution in [1.29, 1.82) is 0 Å². The van der Waals surface area contributed by atoms with Crippen LogP contribution in [0.25, 0.3) is 0 Å². The van der Waals surface area contributed by atoms with Crippen molar-refractivity contribution in [3.63, 3.8) is 0 Å². The fraction of sp³-hybridized carbons (Fsp3) is 0.714. The van der Waals surface area contributed by atoms with Gasteiger partial charge in [0.1, 0.15) is 16.8 Å². The SMILES string of the molecule is CCc1c(Cl)nc(C)nc1N1CCC(C)C(OC)C1. The van der Waals surface area contributed by atoms with E-state index in [9.17, 15) is 0 Å². The van der Waals surface area contributed by atoms with Crippen LogP contribution in [-0.2, 0) is 11.2 Å². The van der Waals surface area contributed by atoms with Crippen LogP contribution in [0.3, 0.4) is 0 Å². The molecular weight excluding hydrogens is 262 g/mol. The molecule has 0 bridgehead atoms. The van der Waals surface area contributed by atoms with E-state index < -0.39 is 0 Å². The minimum absolute atomic E-state index is 0.257. The van der Waals surface area contributed by atoms with E-state index in [1.807, 2.05) is 6.92 Å². The molecule has 1 aromatic rings. The smallest absolute Gasteiger partial charge is 0.138 e. The molecule has 5 heteroatoms. The molecule has 0 spiro atoms. The van der Waals surface area contributed by atoms with Gasteiger partial charge in [-0.05, 0) is 25.7 Å². The minimum atomic E-state index is 0.257. The van der Waals surface area contributed by atoms with E-state index in [1.165, 1.54) is 0 Å². The highest BCUT2D eigenvalue weighted by Crippen LogP contribution is 2.29. The summed E-state index contributed by atoms with van der Waals surface area (Å²) >= 11 is 6.24. The average molecular weight is 284 g/mol. The molecule has 0 aliphatic carbocycles. The van der Waals surface area contributed by atoms with Gasteiger partial charge in [-0.1, -0.05) is 25.4 Å². The van der Waals surface area contributed by atoms with Gasteiger partial charge in [0.2, 0.25) is 0 Å². The van der Waals surface area contributed by atoms with Crippen molar-refractivity contribution in [3.8, 4) is 0 Å². The zero-order valence-corrected chi connectivity index (χ0v) is 12.9. The number of aryl methyl sites for hydroxylation is 1. The Kier molecular flexibility index (Phi) is 4.63. The predicted octanol–water partition coefficient (Wildman–Crippen LogP) is 2.86. The van der Waals surface area contributed by atoms with E-state index in [2.05, 4.69) is 28.7 Å². The van der Waals surface area contributed by atoms with Crippen LogP contribution < -0.4 is 4.90 Å². The number of hydrogen-bond donors (Lipinski definition) is 0. The first-order valence-electron chi connectivity index (χ1n) is 6.87. The molecule has 0 amide bonds. The molecule has 1 fully saturated rings. The van der Waals surface area contributed by atoms with Crippen molar-refractivity contribution < 1.29 is 4.74 Å². The van der Waals surface area contributed by atoms with E-state index in [-0.39, 0.29) is 6.10 Å². The molecule has 1 aromatic heterocycles. The predicted molar refractivity (Wildman–Crippen MR) is 77.9 cm³/mol. The molecule has 2 heterocycles. The molecule has 4 nitrogen and oxygen atoms in total. The number of methoxy groups -OCH3 is 1. The molecule has 2 rings (SSSR count). The largest absolute Gasteiger partial charge is 0.379 e. The Balaban J connectivity index is 2.31. The first kappa shape index (κ1) is 14.5. The quantitative estimate of drug-likeness (QED) is 0.800. The third-order valence-corrected chi connectivity index (χ3v) is 4.20. The van der Waals surface area contributed by atoms with E-state index >= 15 is 0 Å². The molecule has 0 saturated carbocycles. The van der Waals surface area contributed by atoms with E-state index in [4.69, 9.17) is 16.3 Å². The van der Waals surface area contributed by atoms with Crippen LogP contribution >= 0.6 is 11.6 Å². The van der Waals surface area contributed by atoms with E-state index in [1.54, 1.807) is 7.11 Å². The Hall–Kier alpha value is -0.870. The average Bonchev–Trinajstić information content (AvgIpc) is 2.38. The van der Waals surface area contributed by atoms with Crippen LogP contribution in [0.2, 0.25) is 5.15 Å². The van der Waals surface area contributed by atoms with Crippen LogP contribution in [0.4, 0.5) is 5.82 Å². The maximum atomic E-state index is 6.24. The number of anilines is 1. The summed E-state index contributed by atoms with van der Waals surface area (Å²) in [6, 6.07) is 0. The molecule has 106 valence electrons. The van der Waals surface area contributed by atoms with Gasteiger partial charge < -0.3 is 9.64 Å². The van der Waals surface area contributed by atoms with Gasteiger partial charge in [0.15, 0.2) is 0 Å². The monoisotopic (exact) mass is 283 g/mol. The lowest BCUT2D eigenvalue weighted by Gasteiger charge is -2.37. The topological polar surface area (TPSA) is 38.2 Å². The summed E-state index contributed by atoms with van der Waals surface area (Å²) in [5.74, 6) is 2.29. The Morgan fingerprint density at radius 2 is 2.16 bits per heavy atom. The van der Waals surface area contributed by atoms with Crippen molar-refractivity contribution in [1.82, 2.24) is 9.97 Å². The highest BCUT2D eigenvalue weighted by Gasteiger charge is 2.28. The second-order valence-electron chi connectivity index (χ2n) is 5.20. The van der Waals surface area contributed by atoms with Crippen molar-refractivity contribution >= 4 is 17.4 Å². The van der Waals surface area contributed by atoms with Gasteiger partial charge in [0, 0.05) is 25.8 Å². The normalized spacial score (nSPS) is 23.7. The number of nitrogens with zero attached hydrogens (tertiary/aromatic N) is 3. The molecule has 1 aliphatic heterocycles. The fourth-order valence-corrected chi connectivity index (χ4v) is 2.99. The lowest BCUT2D eigenvalue weighted by molar-refractivity contribution is 0.0496. The van der Waals surface area contributed by atoms with Gasteiger partial charge in [0.25, 0.3) is 0 Å². The van der Waals surface area contributed by atoms with Crippen molar-refractivity contribution in [2.75, 3.05) is 25.1 Å². The number of ether oxygens (including phenoxy) is 1. The molecule has 2 unspecified atom stereocenters. The van der Waals surface area contributed by atoms with Crippen LogP contribution in [0.5, 0.6) is 0 Å². The lowest BCUT2D eigenvalue weighted by Crippen LogP contribution is -2.44. The molecule has 0 radical (unpaired) electrons. The first-order chi connectivity index (χ1) is 9.06. The molecule has 0 N–H and O–H groups in total. The van der Waals surface area contributed by atoms with E-state index in [0.717, 1.165) is 43.1 Å². The number of aromatic nitrogens is 2. The summed E-state index contributed by atoms with van der Waals surface area (Å²) in [6.45, 7) is 8.08. The van der Waals surface area contributed by atoms with Gasteiger partial charge in [-0.2, -0.15) is 0 Å². The van der Waals surface area contributed by atoms with Gasteiger partial charge in [-0.25, -0.2) is 9.97 Å². The van der Waals surface area contributed by atoms with Crippen molar-refractivity contribution in [2.45, 2.75) is 39.7 Å². The summed E-state index contributed by atoms with van der Waals surface area (Å²) in [5.41, 5.74) is 1.04. The summed E-state index contributed by atoms with van der Waals surface area (Å²) < 4.78 is 5.57. The highest BCUT2D eigenvalue weighted by molar-refractivity contribution is 6.30. The number of halogens is 1. The molecule has 2 atom stereocenters. The summed E-state index contributed by atoms with van der Waals surface area (Å²) in [5, 5.41) is 0.581. The number of rotatable bonds is 3. The van der Waals surface area contributed by atoms with Crippen LogP contribution in [-0.4, -0.2) is 36.3 Å². The van der Waals surface area contributed by atoms with Gasteiger partial charge >= 0.3 is 0 Å². The fourth-order valence-electron chi connectivity index (χ4n) is 2.65. The second kappa shape index (κ2) is 6.06. The maximum Gasteiger partial charge on any atom is 0.138 e. The standard InChI is InChI=1S/C14H22ClN3O/c1-5-11-13(15)16-10(3)17-14(11)18-7-6-9(2)12(8-18)19-4/h9,12H,5-8H2,1-4H3.